The van der Waals surface area contributed by atoms with Gasteiger partial charge in [0.05, 0.1) is 11.9 Å². The normalized spacial score (nSPS) is 9.54. The fourth-order valence-electron chi connectivity index (χ4n) is 0.931. The van der Waals surface area contributed by atoms with Gasteiger partial charge >= 0.3 is 0 Å². The van der Waals surface area contributed by atoms with Gasteiger partial charge in [0, 0.05) is 6.42 Å². The number of carbonyl (C=O) groups is 1. The summed E-state index contributed by atoms with van der Waals surface area (Å²) in [5.41, 5.74) is 6.48. The van der Waals surface area contributed by atoms with Crippen LogP contribution < -0.4 is 5.73 Å². The van der Waals surface area contributed by atoms with Gasteiger partial charge in [-0.1, -0.05) is 6.08 Å². The average Bonchev–Trinajstić information content (AvgIpc) is 2.15. The standard InChI is InChI=1S/C10H12N2O/c1-2-3-4-10(13)9-6-5-8(11)7-12-9/h2,5-7H,1,3-4,11H2. The highest BCUT2D eigenvalue weighted by atomic mass is 16.1. The highest BCUT2D eigenvalue weighted by Crippen LogP contribution is 2.05. The lowest BCUT2D eigenvalue weighted by atomic mass is 10.1. The molecule has 3 nitrogen and oxygen atoms in total. The van der Waals surface area contributed by atoms with Gasteiger partial charge in [-0.3, -0.25) is 9.78 Å². The van der Waals surface area contributed by atoms with Crippen molar-refractivity contribution in [1.29, 1.82) is 0 Å². The van der Waals surface area contributed by atoms with E-state index in [1.807, 2.05) is 0 Å². The van der Waals surface area contributed by atoms with E-state index in [2.05, 4.69) is 11.6 Å². The van der Waals surface area contributed by atoms with Crippen LogP contribution in [0.4, 0.5) is 5.69 Å². The van der Waals surface area contributed by atoms with Crippen molar-refractivity contribution in [3.05, 3.63) is 36.7 Å². The number of hydrogen-bond donors (Lipinski definition) is 1. The Morgan fingerprint density at radius 2 is 2.38 bits per heavy atom. The predicted octanol–water partition coefficient (Wildman–Crippen LogP) is 1.81. The number of nitrogens with two attached hydrogens (primary N) is 1. The molecule has 0 aliphatic carbocycles. The first kappa shape index (κ1) is 9.45. The molecule has 0 radical (unpaired) electrons. The van der Waals surface area contributed by atoms with Crippen LogP contribution in [-0.2, 0) is 0 Å². The van der Waals surface area contributed by atoms with E-state index in [9.17, 15) is 4.79 Å². The van der Waals surface area contributed by atoms with E-state index in [0.717, 1.165) is 0 Å². The number of Topliss-reactive ketones (excluding diaryl/α,β-unsaturated/α-hetero) is 1. The Bertz CT molecular complexity index is 303. The topological polar surface area (TPSA) is 56.0 Å². The van der Waals surface area contributed by atoms with E-state index in [4.69, 9.17) is 5.73 Å². The van der Waals surface area contributed by atoms with Crippen LogP contribution in [0.25, 0.3) is 0 Å². The number of rotatable bonds is 4. The molecule has 1 rings (SSSR count). The Kier molecular flexibility index (Phi) is 3.20. The summed E-state index contributed by atoms with van der Waals surface area (Å²) in [4.78, 5) is 15.3. The van der Waals surface area contributed by atoms with Crippen molar-refractivity contribution in [2.24, 2.45) is 0 Å². The zero-order valence-corrected chi connectivity index (χ0v) is 7.36. The maximum absolute atomic E-state index is 11.4. The van der Waals surface area contributed by atoms with Crippen LogP contribution in [0.5, 0.6) is 0 Å². The summed E-state index contributed by atoms with van der Waals surface area (Å²) in [6, 6.07) is 3.31. The SMILES string of the molecule is C=CCCC(=O)c1ccc(N)cn1. The van der Waals surface area contributed by atoms with E-state index >= 15 is 0 Å². The van der Waals surface area contributed by atoms with Crippen molar-refractivity contribution in [2.45, 2.75) is 12.8 Å². The van der Waals surface area contributed by atoms with Gasteiger partial charge in [-0.25, -0.2) is 0 Å². The number of nitrogens with zero attached hydrogens (tertiary/aromatic N) is 1. The number of aromatic nitrogens is 1. The quantitative estimate of drug-likeness (QED) is 0.562. The molecule has 68 valence electrons. The van der Waals surface area contributed by atoms with Crippen molar-refractivity contribution in [3.8, 4) is 0 Å². The number of allylic oxidation sites excluding steroid dienone is 1. The van der Waals surface area contributed by atoms with Gasteiger partial charge in [0.25, 0.3) is 0 Å². The highest BCUT2D eigenvalue weighted by Gasteiger charge is 2.04. The Hall–Kier alpha value is -1.64. The van der Waals surface area contributed by atoms with Crippen LogP contribution in [0.1, 0.15) is 23.3 Å². The molecular weight excluding hydrogens is 164 g/mol. The summed E-state index contributed by atoms with van der Waals surface area (Å²) >= 11 is 0. The Balaban J connectivity index is 2.66. The molecule has 3 heteroatoms. The second-order valence-corrected chi connectivity index (χ2v) is 2.73. The molecule has 0 aliphatic heterocycles. The van der Waals surface area contributed by atoms with Gasteiger partial charge in [-0.2, -0.15) is 0 Å². The molecule has 0 spiro atoms. The summed E-state index contributed by atoms with van der Waals surface area (Å²) in [7, 11) is 0. The smallest absolute Gasteiger partial charge is 0.181 e. The average molecular weight is 176 g/mol. The van der Waals surface area contributed by atoms with E-state index in [1.54, 1.807) is 18.2 Å². The van der Waals surface area contributed by atoms with Crippen molar-refractivity contribution in [3.63, 3.8) is 0 Å². The predicted molar refractivity (Wildman–Crippen MR) is 52.4 cm³/mol. The maximum atomic E-state index is 11.4. The fourth-order valence-corrected chi connectivity index (χ4v) is 0.931. The molecule has 0 aromatic carbocycles. The minimum Gasteiger partial charge on any atom is -0.397 e. The summed E-state index contributed by atoms with van der Waals surface area (Å²) in [6.07, 6.45) is 4.35. The molecule has 1 aromatic heterocycles. The summed E-state index contributed by atoms with van der Waals surface area (Å²) in [5.74, 6) is 0.0277. The van der Waals surface area contributed by atoms with Crippen molar-refractivity contribution in [1.82, 2.24) is 4.98 Å². The van der Waals surface area contributed by atoms with Gasteiger partial charge in [0.1, 0.15) is 5.69 Å². The third-order valence-corrected chi connectivity index (χ3v) is 1.65. The molecule has 0 atom stereocenters. The molecule has 0 aliphatic rings. The molecule has 2 N–H and O–H groups in total. The highest BCUT2D eigenvalue weighted by molar-refractivity contribution is 5.94. The van der Waals surface area contributed by atoms with Gasteiger partial charge in [0.15, 0.2) is 5.78 Å². The lowest BCUT2D eigenvalue weighted by molar-refractivity contribution is 0.0979. The fraction of sp³-hybridized carbons (Fsp3) is 0.200. The van der Waals surface area contributed by atoms with E-state index < -0.39 is 0 Å². The van der Waals surface area contributed by atoms with Gasteiger partial charge in [-0.15, -0.1) is 6.58 Å². The first-order chi connectivity index (χ1) is 6.24. The minimum absolute atomic E-state index is 0.0277. The zero-order valence-electron chi connectivity index (χ0n) is 7.36. The Morgan fingerprint density at radius 3 is 2.92 bits per heavy atom. The summed E-state index contributed by atoms with van der Waals surface area (Å²) in [6.45, 7) is 3.55. The van der Waals surface area contributed by atoms with Crippen LogP contribution in [0.2, 0.25) is 0 Å². The lowest BCUT2D eigenvalue weighted by Crippen LogP contribution is -2.01. The molecule has 0 fully saturated rings. The molecule has 1 heterocycles. The van der Waals surface area contributed by atoms with Gasteiger partial charge in [0.2, 0.25) is 0 Å². The van der Waals surface area contributed by atoms with Crippen LogP contribution in [0.15, 0.2) is 31.0 Å². The summed E-state index contributed by atoms with van der Waals surface area (Å²) in [5, 5.41) is 0. The number of pyridine rings is 1. The first-order valence-electron chi connectivity index (χ1n) is 4.09. The number of ketones is 1. The molecule has 0 bridgehead atoms. The number of carbonyl (C=O) groups excluding carboxylic acids is 1. The van der Waals surface area contributed by atoms with Crippen LogP contribution in [0.3, 0.4) is 0 Å². The molecular formula is C10H12N2O. The summed E-state index contributed by atoms with van der Waals surface area (Å²) < 4.78 is 0. The minimum atomic E-state index is 0.0277. The Labute approximate surface area is 77.3 Å². The second kappa shape index (κ2) is 4.40. The third kappa shape index (κ3) is 2.71. The van der Waals surface area contributed by atoms with Crippen molar-refractivity contribution >= 4 is 11.5 Å². The monoisotopic (exact) mass is 176 g/mol. The van der Waals surface area contributed by atoms with E-state index in [-0.39, 0.29) is 5.78 Å². The van der Waals surface area contributed by atoms with Crippen LogP contribution >= 0.6 is 0 Å². The largest absolute Gasteiger partial charge is 0.397 e. The van der Waals surface area contributed by atoms with E-state index in [1.165, 1.54) is 6.20 Å². The number of hydrogen-bond acceptors (Lipinski definition) is 3. The van der Waals surface area contributed by atoms with Gasteiger partial charge < -0.3 is 5.73 Å². The molecule has 0 amide bonds. The van der Waals surface area contributed by atoms with Crippen LogP contribution in [-0.4, -0.2) is 10.8 Å². The van der Waals surface area contributed by atoms with Crippen molar-refractivity contribution in [2.75, 3.05) is 5.73 Å². The molecule has 0 saturated carbocycles. The molecule has 13 heavy (non-hydrogen) atoms. The first-order valence-corrected chi connectivity index (χ1v) is 4.09. The molecule has 0 saturated heterocycles. The molecule has 1 aromatic rings. The lowest BCUT2D eigenvalue weighted by Gasteiger charge is -1.97. The second-order valence-electron chi connectivity index (χ2n) is 2.73. The Morgan fingerprint density at radius 1 is 1.62 bits per heavy atom. The van der Waals surface area contributed by atoms with Crippen molar-refractivity contribution < 1.29 is 4.79 Å². The number of anilines is 1. The molecule has 0 unspecified atom stereocenters. The van der Waals surface area contributed by atoms with E-state index in [0.29, 0.717) is 24.2 Å². The van der Waals surface area contributed by atoms with Gasteiger partial charge in [-0.05, 0) is 18.6 Å². The zero-order chi connectivity index (χ0) is 9.68. The third-order valence-electron chi connectivity index (χ3n) is 1.65. The number of nitrogen functional groups attached to an aromatic ring is 1. The maximum Gasteiger partial charge on any atom is 0.181 e. The van der Waals surface area contributed by atoms with Crippen LogP contribution in [0, 0.1) is 0 Å².